The average molecular weight is 302 g/mol. The molecule has 2 heterocycles. The molecule has 1 aliphatic heterocycles. The number of carbonyl (C=O) groups is 1. The van der Waals surface area contributed by atoms with E-state index in [2.05, 4.69) is 21.2 Å². The third-order valence-corrected chi connectivity index (χ3v) is 4.12. The van der Waals surface area contributed by atoms with E-state index in [4.69, 9.17) is 5.41 Å². The van der Waals surface area contributed by atoms with Gasteiger partial charge in [0.1, 0.15) is 11.9 Å². The molecular weight excluding hydrogens is 290 g/mol. The van der Waals surface area contributed by atoms with Gasteiger partial charge in [0.2, 0.25) is 0 Å². The summed E-state index contributed by atoms with van der Waals surface area (Å²) in [5.74, 6) is 0.257. The molecule has 2 N–H and O–H groups in total. The number of nitrogens with zero attached hydrogens (tertiary/aromatic N) is 1. The Morgan fingerprint density at radius 1 is 1.56 bits per heavy atom. The van der Waals surface area contributed by atoms with E-state index in [-0.39, 0.29) is 24.0 Å². The number of halogens is 1. The molecule has 0 bridgehead atoms. The number of rotatable bonds is 2. The fourth-order valence-corrected chi connectivity index (χ4v) is 3.32. The molecule has 16 heavy (non-hydrogen) atoms. The molecule has 0 spiro atoms. The highest BCUT2D eigenvalue weighted by Crippen LogP contribution is 2.34. The summed E-state index contributed by atoms with van der Waals surface area (Å²) in [6.45, 7) is 3.90. The lowest BCUT2D eigenvalue weighted by molar-refractivity contribution is 0.191. The highest BCUT2D eigenvalue weighted by Gasteiger charge is 2.38. The van der Waals surface area contributed by atoms with Crippen LogP contribution in [-0.4, -0.2) is 22.8 Å². The lowest BCUT2D eigenvalue weighted by Gasteiger charge is -2.25. The van der Waals surface area contributed by atoms with E-state index in [0.29, 0.717) is 0 Å². The first-order valence-electron chi connectivity index (χ1n) is 4.93. The Hall–Kier alpha value is -0.880. The molecule has 1 aromatic heterocycles. The fraction of sp³-hybridized carbons (Fsp3) is 0.400. The highest BCUT2D eigenvalue weighted by atomic mass is 79.9. The number of thiophene rings is 1. The summed E-state index contributed by atoms with van der Waals surface area (Å²) in [5, 5.41) is 10.4. The van der Waals surface area contributed by atoms with Crippen LogP contribution in [0, 0.1) is 5.41 Å². The number of hydrogen-bond donors (Lipinski definition) is 2. The first-order chi connectivity index (χ1) is 7.50. The van der Waals surface area contributed by atoms with Gasteiger partial charge in [-0.15, -0.1) is 11.3 Å². The monoisotopic (exact) mass is 301 g/mol. The van der Waals surface area contributed by atoms with Gasteiger partial charge in [-0.05, 0) is 41.9 Å². The van der Waals surface area contributed by atoms with E-state index in [1.165, 1.54) is 0 Å². The predicted molar refractivity (Wildman–Crippen MR) is 68.0 cm³/mol. The van der Waals surface area contributed by atoms with E-state index < -0.39 is 0 Å². The standard InChI is InChI=1S/C10H12BrN3OS/c1-5(2)14-8(9(12)13-10(14)15)6-3-4-7(11)16-6/h3-5,8H,1-2H3,(H2,12,13,15). The van der Waals surface area contributed by atoms with E-state index in [9.17, 15) is 4.79 Å². The average Bonchev–Trinajstić information content (AvgIpc) is 2.69. The zero-order valence-electron chi connectivity index (χ0n) is 8.95. The van der Waals surface area contributed by atoms with Gasteiger partial charge in [0.15, 0.2) is 0 Å². The Balaban J connectivity index is 2.37. The lowest BCUT2D eigenvalue weighted by atomic mass is 10.2. The summed E-state index contributed by atoms with van der Waals surface area (Å²) in [7, 11) is 0. The molecule has 1 saturated heterocycles. The van der Waals surface area contributed by atoms with Gasteiger partial charge in [-0.2, -0.15) is 0 Å². The van der Waals surface area contributed by atoms with Gasteiger partial charge in [-0.3, -0.25) is 10.7 Å². The van der Waals surface area contributed by atoms with Crippen LogP contribution >= 0.6 is 27.3 Å². The Bertz CT molecular complexity index is 443. The van der Waals surface area contributed by atoms with Gasteiger partial charge in [0.25, 0.3) is 0 Å². The maximum absolute atomic E-state index is 11.7. The molecule has 2 rings (SSSR count). The Morgan fingerprint density at radius 2 is 2.25 bits per heavy atom. The van der Waals surface area contributed by atoms with Crippen molar-refractivity contribution in [2.45, 2.75) is 25.9 Å². The van der Waals surface area contributed by atoms with Crippen LogP contribution < -0.4 is 5.32 Å². The number of carbonyl (C=O) groups excluding carboxylic acids is 1. The van der Waals surface area contributed by atoms with Gasteiger partial charge in [0.05, 0.1) is 3.79 Å². The van der Waals surface area contributed by atoms with Crippen molar-refractivity contribution in [3.8, 4) is 0 Å². The second-order valence-electron chi connectivity index (χ2n) is 3.89. The van der Waals surface area contributed by atoms with E-state index in [1.807, 2.05) is 26.0 Å². The van der Waals surface area contributed by atoms with Gasteiger partial charge >= 0.3 is 6.03 Å². The summed E-state index contributed by atoms with van der Waals surface area (Å²) >= 11 is 4.95. The van der Waals surface area contributed by atoms with Crippen LogP contribution in [0.5, 0.6) is 0 Å². The fourth-order valence-electron chi connectivity index (χ4n) is 1.79. The zero-order valence-corrected chi connectivity index (χ0v) is 11.4. The van der Waals surface area contributed by atoms with Crippen LogP contribution in [0.4, 0.5) is 4.79 Å². The number of amidine groups is 1. The maximum Gasteiger partial charge on any atom is 0.323 e. The van der Waals surface area contributed by atoms with Crippen molar-refractivity contribution in [3.63, 3.8) is 0 Å². The highest BCUT2D eigenvalue weighted by molar-refractivity contribution is 9.11. The first kappa shape index (κ1) is 11.6. The van der Waals surface area contributed by atoms with Gasteiger partial charge in [-0.25, -0.2) is 4.79 Å². The lowest BCUT2D eigenvalue weighted by Crippen LogP contribution is -2.35. The van der Waals surface area contributed by atoms with Crippen molar-refractivity contribution >= 4 is 39.1 Å². The Labute approximate surface area is 106 Å². The quantitative estimate of drug-likeness (QED) is 0.867. The third kappa shape index (κ3) is 1.87. The zero-order chi connectivity index (χ0) is 11.9. The largest absolute Gasteiger partial charge is 0.323 e. The molecule has 0 aliphatic carbocycles. The number of hydrogen-bond acceptors (Lipinski definition) is 3. The van der Waals surface area contributed by atoms with Crippen LogP contribution in [0.25, 0.3) is 0 Å². The summed E-state index contributed by atoms with van der Waals surface area (Å²) in [5.41, 5.74) is 0. The summed E-state index contributed by atoms with van der Waals surface area (Å²) in [6.07, 6.45) is 0. The molecule has 1 aliphatic rings. The Morgan fingerprint density at radius 3 is 2.75 bits per heavy atom. The van der Waals surface area contributed by atoms with Crippen molar-refractivity contribution in [1.82, 2.24) is 10.2 Å². The number of amides is 2. The Kier molecular flexibility index (Phi) is 3.03. The topological polar surface area (TPSA) is 56.2 Å². The second-order valence-corrected chi connectivity index (χ2v) is 6.38. The SMILES string of the molecule is CC(C)N1C(=O)NC(=N)C1c1ccc(Br)s1. The van der Waals surface area contributed by atoms with E-state index in [0.717, 1.165) is 8.66 Å². The maximum atomic E-state index is 11.7. The number of urea groups is 1. The molecule has 2 amide bonds. The second kappa shape index (κ2) is 4.18. The van der Waals surface area contributed by atoms with Crippen LogP contribution in [0.2, 0.25) is 0 Å². The van der Waals surface area contributed by atoms with Gasteiger partial charge < -0.3 is 4.90 Å². The summed E-state index contributed by atoms with van der Waals surface area (Å²) in [4.78, 5) is 14.4. The smallest absolute Gasteiger partial charge is 0.307 e. The molecule has 4 nitrogen and oxygen atoms in total. The minimum atomic E-state index is -0.260. The van der Waals surface area contributed by atoms with Crippen molar-refractivity contribution in [2.24, 2.45) is 0 Å². The molecular formula is C10H12BrN3OS. The van der Waals surface area contributed by atoms with Crippen molar-refractivity contribution in [2.75, 3.05) is 0 Å². The third-order valence-electron chi connectivity index (χ3n) is 2.45. The molecule has 0 aromatic carbocycles. The van der Waals surface area contributed by atoms with Crippen LogP contribution in [-0.2, 0) is 0 Å². The van der Waals surface area contributed by atoms with Crippen LogP contribution in [0.1, 0.15) is 24.8 Å². The normalized spacial score (nSPS) is 20.8. The minimum absolute atomic E-state index is 0.0775. The molecule has 1 fully saturated rings. The summed E-state index contributed by atoms with van der Waals surface area (Å²) < 4.78 is 1.01. The first-order valence-corrected chi connectivity index (χ1v) is 6.54. The van der Waals surface area contributed by atoms with Gasteiger partial charge in [-0.1, -0.05) is 0 Å². The van der Waals surface area contributed by atoms with Crippen molar-refractivity contribution in [3.05, 3.63) is 20.8 Å². The molecule has 86 valence electrons. The summed E-state index contributed by atoms with van der Waals surface area (Å²) in [6, 6.07) is 3.52. The van der Waals surface area contributed by atoms with Crippen molar-refractivity contribution in [1.29, 1.82) is 5.41 Å². The van der Waals surface area contributed by atoms with Crippen molar-refractivity contribution < 1.29 is 4.79 Å². The molecule has 1 unspecified atom stereocenters. The predicted octanol–water partition coefficient (Wildman–Crippen LogP) is 2.96. The molecule has 1 atom stereocenters. The molecule has 0 saturated carbocycles. The molecule has 0 radical (unpaired) electrons. The van der Waals surface area contributed by atoms with E-state index in [1.54, 1.807) is 16.2 Å². The molecule has 1 aromatic rings. The van der Waals surface area contributed by atoms with Crippen LogP contribution in [0.15, 0.2) is 15.9 Å². The number of nitrogens with one attached hydrogen (secondary N) is 2. The van der Waals surface area contributed by atoms with Crippen LogP contribution in [0.3, 0.4) is 0 Å². The minimum Gasteiger partial charge on any atom is -0.307 e. The molecule has 6 heteroatoms. The van der Waals surface area contributed by atoms with Gasteiger partial charge in [0, 0.05) is 10.9 Å². The van der Waals surface area contributed by atoms with E-state index >= 15 is 0 Å².